The number of hydrogen-bond donors (Lipinski definition) is 0. The second-order valence-corrected chi connectivity index (χ2v) is 7.49. The van der Waals surface area contributed by atoms with E-state index in [1.165, 1.54) is 38.5 Å². The molecule has 3 nitrogen and oxygen atoms in total. The summed E-state index contributed by atoms with van der Waals surface area (Å²) >= 11 is 5.94. The molecule has 4 heteroatoms. The lowest BCUT2D eigenvalue weighted by atomic mass is 10.0. The molecule has 1 aromatic carbocycles. The molecule has 1 fully saturated rings. The third kappa shape index (κ3) is 5.54. The van der Waals surface area contributed by atoms with E-state index in [2.05, 4.69) is 11.9 Å². The molecule has 0 atom stereocenters. The summed E-state index contributed by atoms with van der Waals surface area (Å²) in [6.07, 6.45) is 9.34. The second-order valence-electron chi connectivity index (χ2n) is 7.05. The summed E-state index contributed by atoms with van der Waals surface area (Å²) in [6.45, 7) is 3.80. The quantitative estimate of drug-likeness (QED) is 0.500. The van der Waals surface area contributed by atoms with E-state index in [0.717, 1.165) is 35.1 Å². The molecule has 26 heavy (non-hydrogen) atoms. The molecule has 0 saturated carbocycles. The van der Waals surface area contributed by atoms with E-state index >= 15 is 0 Å². The topological polar surface area (TPSA) is 31.4 Å². The molecule has 1 aromatic heterocycles. The lowest BCUT2D eigenvalue weighted by Crippen LogP contribution is -2.27. The number of hydrogen-bond acceptors (Lipinski definition) is 3. The van der Waals surface area contributed by atoms with Gasteiger partial charge in [0.25, 0.3) is 0 Å². The number of benzene rings is 1. The van der Waals surface area contributed by atoms with Gasteiger partial charge in [0.2, 0.25) is 0 Å². The molecule has 0 amide bonds. The van der Waals surface area contributed by atoms with E-state index in [9.17, 15) is 0 Å². The van der Waals surface area contributed by atoms with Crippen LogP contribution in [0.1, 0.15) is 57.3 Å². The van der Waals surface area contributed by atoms with Crippen LogP contribution >= 0.6 is 11.6 Å². The number of nitrogens with zero attached hydrogens (tertiary/aromatic N) is 1. The van der Waals surface area contributed by atoms with Crippen LogP contribution in [0.25, 0.3) is 11.3 Å². The Kier molecular flexibility index (Phi) is 7.48. The maximum atomic E-state index is 5.94. The first-order chi connectivity index (χ1) is 12.8. The minimum Gasteiger partial charge on any atom is -0.348 e. The minimum absolute atomic E-state index is 0.293. The summed E-state index contributed by atoms with van der Waals surface area (Å²) in [5.74, 6) is 0.522. The van der Waals surface area contributed by atoms with Crippen molar-refractivity contribution in [1.29, 1.82) is 0 Å². The number of rotatable bonds is 8. The van der Waals surface area contributed by atoms with Gasteiger partial charge in [-0.15, -0.1) is 0 Å². The van der Waals surface area contributed by atoms with E-state index in [1.807, 2.05) is 42.6 Å². The number of unbranched alkanes of at least 4 members (excludes halogenated alkanes) is 4. The molecule has 0 radical (unpaired) electrons. The van der Waals surface area contributed by atoms with Crippen LogP contribution in [0.3, 0.4) is 0 Å². The molecule has 2 aromatic rings. The van der Waals surface area contributed by atoms with Crippen LogP contribution in [0.4, 0.5) is 0 Å². The van der Waals surface area contributed by atoms with Crippen molar-refractivity contribution in [2.24, 2.45) is 5.92 Å². The average Bonchev–Trinajstić information content (AvgIpc) is 2.69. The summed E-state index contributed by atoms with van der Waals surface area (Å²) in [5, 5.41) is 0.731. The maximum absolute atomic E-state index is 5.94. The molecule has 1 saturated heterocycles. The van der Waals surface area contributed by atoms with Gasteiger partial charge in [0.05, 0.1) is 18.9 Å². The van der Waals surface area contributed by atoms with Gasteiger partial charge in [-0.1, -0.05) is 68.8 Å². The van der Waals surface area contributed by atoms with Gasteiger partial charge in [-0.3, -0.25) is 4.98 Å². The molecule has 0 N–H and O–H groups in total. The lowest BCUT2D eigenvalue weighted by molar-refractivity contribution is -0.206. The van der Waals surface area contributed by atoms with Crippen LogP contribution in [0.15, 0.2) is 42.6 Å². The van der Waals surface area contributed by atoms with E-state index in [4.69, 9.17) is 21.1 Å². The molecule has 0 unspecified atom stereocenters. The van der Waals surface area contributed by atoms with E-state index in [0.29, 0.717) is 5.92 Å². The van der Waals surface area contributed by atoms with Crippen LogP contribution in [0, 0.1) is 5.92 Å². The zero-order valence-corrected chi connectivity index (χ0v) is 16.3. The Labute approximate surface area is 161 Å². The summed E-state index contributed by atoms with van der Waals surface area (Å²) in [4.78, 5) is 4.55. The van der Waals surface area contributed by atoms with Gasteiger partial charge in [0, 0.05) is 28.3 Å². The second kappa shape index (κ2) is 10.1. The van der Waals surface area contributed by atoms with Crippen molar-refractivity contribution in [2.45, 2.75) is 51.7 Å². The first-order valence-electron chi connectivity index (χ1n) is 9.71. The zero-order chi connectivity index (χ0) is 18.2. The van der Waals surface area contributed by atoms with Crippen molar-refractivity contribution < 1.29 is 9.47 Å². The van der Waals surface area contributed by atoms with Gasteiger partial charge in [0.15, 0.2) is 6.29 Å². The predicted octanol–water partition coefficient (Wildman–Crippen LogP) is 6.42. The van der Waals surface area contributed by atoms with Crippen LogP contribution in [0.2, 0.25) is 5.02 Å². The first kappa shape index (κ1) is 19.3. The molecule has 0 aliphatic carbocycles. The monoisotopic (exact) mass is 373 g/mol. The highest BCUT2D eigenvalue weighted by molar-refractivity contribution is 6.30. The number of pyridine rings is 1. The maximum Gasteiger partial charge on any atom is 0.185 e. The molecule has 1 aliphatic heterocycles. The fourth-order valence-corrected chi connectivity index (χ4v) is 3.40. The molecule has 1 aliphatic rings. The van der Waals surface area contributed by atoms with Crippen molar-refractivity contribution in [3.05, 3.63) is 53.2 Å². The van der Waals surface area contributed by atoms with E-state index < -0.39 is 0 Å². The van der Waals surface area contributed by atoms with Crippen LogP contribution in [-0.2, 0) is 9.47 Å². The average molecular weight is 374 g/mol. The van der Waals surface area contributed by atoms with E-state index in [1.54, 1.807) is 0 Å². The Bertz CT molecular complexity index is 649. The van der Waals surface area contributed by atoms with Crippen molar-refractivity contribution in [3.8, 4) is 11.3 Å². The zero-order valence-electron chi connectivity index (χ0n) is 15.5. The lowest BCUT2D eigenvalue weighted by Gasteiger charge is -2.29. The van der Waals surface area contributed by atoms with Crippen LogP contribution in [0.5, 0.6) is 0 Å². The minimum atomic E-state index is -0.293. The Morgan fingerprint density at radius 1 is 0.962 bits per heavy atom. The van der Waals surface area contributed by atoms with Gasteiger partial charge < -0.3 is 9.47 Å². The predicted molar refractivity (Wildman–Crippen MR) is 106 cm³/mol. The van der Waals surface area contributed by atoms with Gasteiger partial charge >= 0.3 is 0 Å². The Balaban J connectivity index is 1.46. The van der Waals surface area contributed by atoms with Crippen molar-refractivity contribution in [3.63, 3.8) is 0 Å². The van der Waals surface area contributed by atoms with Crippen LogP contribution in [-0.4, -0.2) is 18.2 Å². The summed E-state index contributed by atoms with van der Waals surface area (Å²) < 4.78 is 11.9. The fraction of sp³-hybridized carbons (Fsp3) is 0.500. The van der Waals surface area contributed by atoms with Gasteiger partial charge in [0.1, 0.15) is 0 Å². The van der Waals surface area contributed by atoms with Gasteiger partial charge in [-0.05, 0) is 24.6 Å². The molecule has 3 rings (SSSR count). The SMILES string of the molecule is CCCCCCCC1COC(c2ccc(-c3ccc(Cl)cc3)nc2)OC1. The number of ether oxygens (including phenoxy) is 2. The summed E-state index contributed by atoms with van der Waals surface area (Å²) in [6, 6.07) is 11.7. The largest absolute Gasteiger partial charge is 0.348 e. The Morgan fingerprint density at radius 3 is 2.35 bits per heavy atom. The third-order valence-electron chi connectivity index (χ3n) is 4.88. The molecular weight excluding hydrogens is 346 g/mol. The van der Waals surface area contributed by atoms with Crippen molar-refractivity contribution in [2.75, 3.05) is 13.2 Å². The van der Waals surface area contributed by atoms with Crippen LogP contribution < -0.4 is 0 Å². The van der Waals surface area contributed by atoms with Gasteiger partial charge in [-0.2, -0.15) is 0 Å². The molecule has 140 valence electrons. The van der Waals surface area contributed by atoms with Crippen molar-refractivity contribution >= 4 is 11.6 Å². The number of aromatic nitrogens is 1. The third-order valence-corrected chi connectivity index (χ3v) is 5.13. The standard InChI is InChI=1S/C22H28ClNO2/c1-2-3-4-5-6-7-17-15-25-22(26-16-17)19-10-13-21(24-14-19)18-8-11-20(23)12-9-18/h8-14,17,22H,2-7,15-16H2,1H3. The molecule has 2 heterocycles. The van der Waals surface area contributed by atoms with Crippen molar-refractivity contribution in [1.82, 2.24) is 4.98 Å². The summed E-state index contributed by atoms with van der Waals surface area (Å²) in [7, 11) is 0. The Hall–Kier alpha value is -1.42. The summed E-state index contributed by atoms with van der Waals surface area (Å²) in [5.41, 5.74) is 2.95. The molecular formula is C22H28ClNO2. The highest BCUT2D eigenvalue weighted by atomic mass is 35.5. The molecule has 0 spiro atoms. The first-order valence-corrected chi connectivity index (χ1v) is 10.1. The highest BCUT2D eigenvalue weighted by Gasteiger charge is 2.23. The fourth-order valence-electron chi connectivity index (χ4n) is 3.28. The number of halogens is 1. The highest BCUT2D eigenvalue weighted by Crippen LogP contribution is 2.28. The molecule has 0 bridgehead atoms. The van der Waals surface area contributed by atoms with Gasteiger partial charge in [-0.25, -0.2) is 0 Å². The normalized spacial score (nSPS) is 20.2. The van der Waals surface area contributed by atoms with E-state index in [-0.39, 0.29) is 6.29 Å². The smallest absolute Gasteiger partial charge is 0.185 e. The Morgan fingerprint density at radius 2 is 1.69 bits per heavy atom.